The molecule has 0 radical (unpaired) electrons. The molecular weight excluding hydrogens is 260 g/mol. The lowest BCUT2D eigenvalue weighted by Gasteiger charge is -2.09. The smallest absolute Gasteiger partial charge is 0.306 e. The van der Waals surface area contributed by atoms with E-state index in [1.165, 1.54) is 15.9 Å². The molecule has 0 atom stereocenters. The Morgan fingerprint density at radius 3 is 2.74 bits per heavy atom. The summed E-state index contributed by atoms with van der Waals surface area (Å²) in [6, 6.07) is 7.47. The van der Waals surface area contributed by atoms with Crippen molar-refractivity contribution in [1.29, 1.82) is 0 Å². The van der Waals surface area contributed by atoms with Crippen molar-refractivity contribution in [2.24, 2.45) is 0 Å². The highest BCUT2D eigenvalue weighted by Gasteiger charge is 2.12. The number of nitrogens with zero attached hydrogens (tertiary/aromatic N) is 1. The van der Waals surface area contributed by atoms with Crippen LogP contribution in [0.4, 0.5) is 0 Å². The Balaban J connectivity index is 2.46. The minimum Gasteiger partial charge on any atom is -0.306 e. The average Bonchev–Trinajstić information content (AvgIpc) is 2.82. The molecule has 0 aliphatic rings. The topological polar surface area (TPSA) is 54.9 Å². The number of hydrogen-bond donors (Lipinski definition) is 1. The molecule has 5 heteroatoms. The van der Waals surface area contributed by atoms with Crippen LogP contribution in [0.15, 0.2) is 39.2 Å². The molecule has 1 N–H and O–H groups in total. The number of H-pyrrole nitrogens is 1. The van der Waals surface area contributed by atoms with Gasteiger partial charge in [-0.3, -0.25) is 4.79 Å². The fourth-order valence-electron chi connectivity index (χ4n) is 2.12. The minimum absolute atomic E-state index is 0.262. The van der Waals surface area contributed by atoms with Crippen LogP contribution in [0.1, 0.15) is 11.1 Å². The van der Waals surface area contributed by atoms with E-state index in [4.69, 9.17) is 0 Å². The zero-order valence-electron chi connectivity index (χ0n) is 10.6. The Kier molecular flexibility index (Phi) is 2.64. The van der Waals surface area contributed by atoms with Crippen molar-refractivity contribution in [1.82, 2.24) is 9.55 Å². The van der Waals surface area contributed by atoms with E-state index in [1.807, 2.05) is 32.0 Å². The van der Waals surface area contributed by atoms with Crippen LogP contribution in [0.2, 0.25) is 0 Å². The van der Waals surface area contributed by atoms with Crippen LogP contribution in [-0.4, -0.2) is 9.55 Å². The van der Waals surface area contributed by atoms with Crippen molar-refractivity contribution < 1.29 is 0 Å². The average molecular weight is 272 g/mol. The Hall–Kier alpha value is -2.14. The van der Waals surface area contributed by atoms with Gasteiger partial charge in [0.1, 0.15) is 4.70 Å². The molecule has 0 spiro atoms. The summed E-state index contributed by atoms with van der Waals surface area (Å²) in [7, 11) is 0. The third-order valence-electron chi connectivity index (χ3n) is 3.11. The van der Waals surface area contributed by atoms with Gasteiger partial charge in [0.2, 0.25) is 0 Å². The van der Waals surface area contributed by atoms with Crippen molar-refractivity contribution in [3.63, 3.8) is 0 Å². The van der Waals surface area contributed by atoms with Gasteiger partial charge >= 0.3 is 5.69 Å². The number of thiophene rings is 1. The van der Waals surface area contributed by atoms with Crippen LogP contribution in [0.5, 0.6) is 0 Å². The zero-order chi connectivity index (χ0) is 13.6. The number of rotatable bonds is 1. The number of fused-ring (bicyclic) bond motifs is 1. The molecule has 2 aromatic heterocycles. The van der Waals surface area contributed by atoms with Gasteiger partial charge in [-0.15, -0.1) is 11.3 Å². The SMILES string of the molecule is Cc1ccc(C)c(-n2c(=O)[nH]c3ccsc3c2=O)c1. The van der Waals surface area contributed by atoms with E-state index in [-0.39, 0.29) is 5.56 Å². The van der Waals surface area contributed by atoms with E-state index in [1.54, 1.807) is 11.4 Å². The standard InChI is InChI=1S/C14H12N2O2S/c1-8-3-4-9(2)11(7-8)16-13(17)12-10(5-6-19-12)15-14(16)18/h3-7H,1-2H3,(H,15,18). The molecular formula is C14H12N2O2S. The molecule has 0 unspecified atom stereocenters. The first-order chi connectivity index (χ1) is 9.08. The van der Waals surface area contributed by atoms with Crippen molar-refractivity contribution in [2.75, 3.05) is 0 Å². The molecule has 96 valence electrons. The maximum atomic E-state index is 12.4. The molecule has 2 heterocycles. The summed E-state index contributed by atoms with van der Waals surface area (Å²) < 4.78 is 1.78. The fourth-order valence-corrected chi connectivity index (χ4v) is 2.90. The lowest BCUT2D eigenvalue weighted by molar-refractivity contribution is 0.895. The highest BCUT2D eigenvalue weighted by atomic mass is 32.1. The van der Waals surface area contributed by atoms with Gasteiger partial charge in [-0.1, -0.05) is 12.1 Å². The summed E-state index contributed by atoms with van der Waals surface area (Å²) in [5.41, 5.74) is 2.49. The number of nitrogens with one attached hydrogen (secondary N) is 1. The maximum Gasteiger partial charge on any atom is 0.333 e. The van der Waals surface area contributed by atoms with E-state index in [0.29, 0.717) is 15.9 Å². The predicted molar refractivity (Wildman–Crippen MR) is 77.5 cm³/mol. The first-order valence-corrected chi connectivity index (χ1v) is 6.76. The summed E-state index contributed by atoms with van der Waals surface area (Å²) in [4.78, 5) is 27.3. The van der Waals surface area contributed by atoms with Crippen LogP contribution in [0.3, 0.4) is 0 Å². The summed E-state index contributed by atoms with van der Waals surface area (Å²) in [5.74, 6) is 0. The molecule has 0 bridgehead atoms. The molecule has 3 aromatic rings. The molecule has 3 rings (SSSR count). The van der Waals surface area contributed by atoms with Gasteiger partial charge in [0.15, 0.2) is 0 Å². The summed E-state index contributed by atoms with van der Waals surface area (Å²) in [6.45, 7) is 3.82. The van der Waals surface area contributed by atoms with Crippen LogP contribution in [-0.2, 0) is 0 Å². The normalized spacial score (nSPS) is 11.1. The lowest BCUT2D eigenvalue weighted by Crippen LogP contribution is -2.33. The van der Waals surface area contributed by atoms with Crippen LogP contribution < -0.4 is 11.2 Å². The summed E-state index contributed by atoms with van der Waals surface area (Å²) in [6.07, 6.45) is 0. The van der Waals surface area contributed by atoms with E-state index in [9.17, 15) is 9.59 Å². The second kappa shape index (κ2) is 4.20. The number of aryl methyl sites for hydroxylation is 2. The quantitative estimate of drug-likeness (QED) is 0.739. The Labute approximate surface area is 113 Å². The highest BCUT2D eigenvalue weighted by molar-refractivity contribution is 7.17. The van der Waals surface area contributed by atoms with Gasteiger partial charge in [-0.05, 0) is 42.5 Å². The number of benzene rings is 1. The van der Waals surface area contributed by atoms with Gasteiger partial charge in [-0.2, -0.15) is 0 Å². The third kappa shape index (κ3) is 1.82. The Morgan fingerprint density at radius 1 is 1.16 bits per heavy atom. The predicted octanol–water partition coefficient (Wildman–Crippen LogP) is 2.36. The van der Waals surface area contributed by atoms with Crippen molar-refractivity contribution in [3.05, 3.63) is 61.6 Å². The van der Waals surface area contributed by atoms with Gasteiger partial charge in [0.25, 0.3) is 5.56 Å². The first-order valence-electron chi connectivity index (χ1n) is 5.88. The van der Waals surface area contributed by atoms with Crippen LogP contribution >= 0.6 is 11.3 Å². The summed E-state index contributed by atoms with van der Waals surface area (Å²) in [5, 5.41) is 1.80. The van der Waals surface area contributed by atoms with E-state index < -0.39 is 5.69 Å². The molecule has 1 aromatic carbocycles. The monoisotopic (exact) mass is 272 g/mol. The molecule has 0 aliphatic carbocycles. The second-order valence-electron chi connectivity index (χ2n) is 4.52. The van der Waals surface area contributed by atoms with Gasteiger partial charge < -0.3 is 4.98 Å². The fraction of sp³-hybridized carbons (Fsp3) is 0.143. The molecule has 0 aliphatic heterocycles. The van der Waals surface area contributed by atoms with Gasteiger partial charge in [0.05, 0.1) is 11.2 Å². The highest BCUT2D eigenvalue weighted by Crippen LogP contribution is 2.16. The van der Waals surface area contributed by atoms with Gasteiger partial charge in [-0.25, -0.2) is 9.36 Å². The van der Waals surface area contributed by atoms with Gasteiger partial charge in [0, 0.05) is 0 Å². The zero-order valence-corrected chi connectivity index (χ0v) is 11.4. The number of aromatic amines is 1. The largest absolute Gasteiger partial charge is 0.333 e. The molecule has 0 fully saturated rings. The number of hydrogen-bond acceptors (Lipinski definition) is 3. The van der Waals surface area contributed by atoms with E-state index >= 15 is 0 Å². The third-order valence-corrected chi connectivity index (χ3v) is 4.02. The molecule has 4 nitrogen and oxygen atoms in total. The van der Waals surface area contributed by atoms with Crippen molar-refractivity contribution in [3.8, 4) is 5.69 Å². The minimum atomic E-state index is -0.399. The Bertz CT molecular complexity index is 886. The molecule has 0 amide bonds. The van der Waals surface area contributed by atoms with E-state index in [0.717, 1.165) is 11.1 Å². The van der Waals surface area contributed by atoms with E-state index in [2.05, 4.69) is 4.98 Å². The summed E-state index contributed by atoms with van der Waals surface area (Å²) >= 11 is 1.34. The molecule has 19 heavy (non-hydrogen) atoms. The second-order valence-corrected chi connectivity index (χ2v) is 5.44. The van der Waals surface area contributed by atoms with Crippen LogP contribution in [0.25, 0.3) is 15.9 Å². The molecule has 0 saturated heterocycles. The van der Waals surface area contributed by atoms with Crippen LogP contribution in [0, 0.1) is 13.8 Å². The van der Waals surface area contributed by atoms with Crippen molar-refractivity contribution in [2.45, 2.75) is 13.8 Å². The maximum absolute atomic E-state index is 12.4. The van der Waals surface area contributed by atoms with Crippen molar-refractivity contribution >= 4 is 21.6 Å². The lowest BCUT2D eigenvalue weighted by atomic mass is 10.1. The first kappa shape index (κ1) is 11.9. The molecule has 0 saturated carbocycles. The Morgan fingerprint density at radius 2 is 1.95 bits per heavy atom. The number of aromatic nitrogens is 2.